The van der Waals surface area contributed by atoms with E-state index in [4.69, 9.17) is 0 Å². The Kier molecular flexibility index (Phi) is 4.95. The lowest BCUT2D eigenvalue weighted by Crippen LogP contribution is -3.13. The van der Waals surface area contributed by atoms with Crippen LogP contribution in [0.3, 0.4) is 0 Å². The minimum absolute atomic E-state index is 0.0632. The van der Waals surface area contributed by atoms with Crippen LogP contribution in [0.1, 0.15) is 24.8 Å². The van der Waals surface area contributed by atoms with E-state index in [9.17, 15) is 14.7 Å². The van der Waals surface area contributed by atoms with Crippen molar-refractivity contribution >= 4 is 6.21 Å². The van der Waals surface area contributed by atoms with E-state index in [1.165, 1.54) is 57.6 Å². The quantitative estimate of drug-likeness (QED) is 0.648. The van der Waals surface area contributed by atoms with Gasteiger partial charge in [-0.2, -0.15) is 0 Å². The Morgan fingerprint density at radius 2 is 1.86 bits per heavy atom. The molecule has 1 fully saturated rings. The lowest BCUT2D eigenvalue weighted by molar-refractivity contribution is -0.903. The molecule has 1 aliphatic rings. The average Bonchev–Trinajstić information content (AvgIpc) is 2.51. The summed E-state index contributed by atoms with van der Waals surface area (Å²) < 4.78 is 2.01. The minimum atomic E-state index is -0.549. The van der Waals surface area contributed by atoms with E-state index in [1.54, 1.807) is 0 Å². The lowest BCUT2D eigenvalue weighted by atomic mass is 10.1. The summed E-state index contributed by atoms with van der Waals surface area (Å²) in [5.41, 5.74) is -1.01. The van der Waals surface area contributed by atoms with Crippen molar-refractivity contribution in [1.82, 2.24) is 9.13 Å². The predicted molar refractivity (Wildman–Crippen MR) is 80.5 cm³/mol. The van der Waals surface area contributed by atoms with Crippen LogP contribution in [-0.2, 0) is 14.1 Å². The van der Waals surface area contributed by atoms with Crippen molar-refractivity contribution in [3.8, 4) is 5.88 Å². The standard InChI is InChI=1S/C14H22N4O3/c1-16-12(19)11(13(20)17(2)14(16)21)10-15-6-9-18-7-4-3-5-8-18/h10,19H,3-9H2,1-2H3/p+1. The van der Waals surface area contributed by atoms with Crippen molar-refractivity contribution in [2.45, 2.75) is 19.3 Å². The first-order valence-electron chi connectivity index (χ1n) is 7.34. The van der Waals surface area contributed by atoms with Gasteiger partial charge in [-0.1, -0.05) is 0 Å². The number of aromatic hydroxyl groups is 1. The summed E-state index contributed by atoms with van der Waals surface area (Å²) >= 11 is 0. The number of aromatic nitrogens is 2. The maximum absolute atomic E-state index is 12.0. The van der Waals surface area contributed by atoms with Crippen LogP contribution in [0, 0.1) is 0 Å². The largest absolute Gasteiger partial charge is 0.494 e. The van der Waals surface area contributed by atoms with Crippen LogP contribution >= 0.6 is 0 Å². The van der Waals surface area contributed by atoms with Crippen LogP contribution < -0.4 is 16.1 Å². The fourth-order valence-corrected chi connectivity index (χ4v) is 2.65. The monoisotopic (exact) mass is 295 g/mol. The van der Waals surface area contributed by atoms with Gasteiger partial charge in [-0.15, -0.1) is 0 Å². The zero-order chi connectivity index (χ0) is 15.4. The first-order chi connectivity index (χ1) is 10.0. The molecule has 2 rings (SSSR count). The number of nitrogens with zero attached hydrogens (tertiary/aromatic N) is 3. The fourth-order valence-electron chi connectivity index (χ4n) is 2.65. The van der Waals surface area contributed by atoms with E-state index in [-0.39, 0.29) is 11.4 Å². The lowest BCUT2D eigenvalue weighted by Gasteiger charge is -2.22. The SMILES string of the molecule is Cn1c(O)c(C=NCC[NH+]2CCCCC2)c(=O)n(C)c1=O. The zero-order valence-corrected chi connectivity index (χ0v) is 12.6. The Bertz CT molecular complexity index is 639. The molecule has 2 heterocycles. The van der Waals surface area contributed by atoms with Crippen molar-refractivity contribution in [3.63, 3.8) is 0 Å². The van der Waals surface area contributed by atoms with Crippen LogP contribution in [0.25, 0.3) is 0 Å². The maximum atomic E-state index is 12.0. The Balaban J connectivity index is 2.07. The Morgan fingerprint density at radius 3 is 2.52 bits per heavy atom. The number of nitrogens with one attached hydrogen (secondary N) is 1. The topological polar surface area (TPSA) is 81.0 Å². The van der Waals surface area contributed by atoms with Gasteiger partial charge in [0.15, 0.2) is 0 Å². The molecular weight excluding hydrogens is 272 g/mol. The summed E-state index contributed by atoms with van der Waals surface area (Å²) in [7, 11) is 2.81. The van der Waals surface area contributed by atoms with Gasteiger partial charge in [0.25, 0.3) is 5.56 Å². The molecule has 0 bridgehead atoms. The molecule has 0 aliphatic carbocycles. The summed E-state index contributed by atoms with van der Waals surface area (Å²) in [4.78, 5) is 29.3. The molecule has 0 atom stereocenters. The van der Waals surface area contributed by atoms with E-state index in [2.05, 4.69) is 4.99 Å². The molecule has 1 aliphatic heterocycles. The van der Waals surface area contributed by atoms with Crippen molar-refractivity contribution in [1.29, 1.82) is 0 Å². The van der Waals surface area contributed by atoms with Gasteiger partial charge in [0.2, 0.25) is 5.88 Å². The molecule has 1 aromatic rings. The second kappa shape index (κ2) is 6.71. The van der Waals surface area contributed by atoms with Crippen LogP contribution in [0.15, 0.2) is 14.6 Å². The molecule has 7 heteroatoms. The molecule has 0 radical (unpaired) electrons. The molecular formula is C14H23N4O3+. The third kappa shape index (κ3) is 3.41. The van der Waals surface area contributed by atoms with E-state index in [0.29, 0.717) is 6.54 Å². The Morgan fingerprint density at radius 1 is 1.19 bits per heavy atom. The highest BCUT2D eigenvalue weighted by atomic mass is 16.3. The number of hydrogen-bond donors (Lipinski definition) is 2. The third-order valence-electron chi connectivity index (χ3n) is 4.04. The molecule has 7 nitrogen and oxygen atoms in total. The highest BCUT2D eigenvalue weighted by Gasteiger charge is 2.14. The molecule has 2 N–H and O–H groups in total. The third-order valence-corrected chi connectivity index (χ3v) is 4.04. The number of aliphatic imine (C=N–C) groups is 1. The van der Waals surface area contributed by atoms with Gasteiger partial charge in [-0.3, -0.25) is 18.9 Å². The average molecular weight is 295 g/mol. The molecule has 0 unspecified atom stereocenters. The van der Waals surface area contributed by atoms with Gasteiger partial charge in [0, 0.05) is 20.3 Å². The summed E-state index contributed by atoms with van der Waals surface area (Å²) in [5, 5.41) is 9.88. The summed E-state index contributed by atoms with van der Waals surface area (Å²) in [6.07, 6.45) is 5.22. The number of quaternary nitrogens is 1. The van der Waals surface area contributed by atoms with Gasteiger partial charge < -0.3 is 10.0 Å². The molecule has 0 aromatic carbocycles. The van der Waals surface area contributed by atoms with Crippen LogP contribution in [-0.4, -0.2) is 46.6 Å². The summed E-state index contributed by atoms with van der Waals surface area (Å²) in [6.45, 7) is 3.91. The van der Waals surface area contributed by atoms with Crippen LogP contribution in [0.4, 0.5) is 0 Å². The fraction of sp³-hybridized carbons (Fsp3) is 0.643. The number of rotatable bonds is 4. The first-order valence-corrected chi connectivity index (χ1v) is 7.34. The van der Waals surface area contributed by atoms with Crippen LogP contribution in [0.2, 0.25) is 0 Å². The highest BCUT2D eigenvalue weighted by molar-refractivity contribution is 5.81. The second-order valence-electron chi connectivity index (χ2n) is 5.54. The molecule has 0 saturated carbocycles. The van der Waals surface area contributed by atoms with E-state index < -0.39 is 11.2 Å². The molecule has 116 valence electrons. The molecule has 0 spiro atoms. The predicted octanol–water partition coefficient (Wildman–Crippen LogP) is -1.72. The van der Waals surface area contributed by atoms with Crippen molar-refractivity contribution in [2.24, 2.45) is 19.1 Å². The van der Waals surface area contributed by atoms with Gasteiger partial charge in [-0.25, -0.2) is 4.79 Å². The van der Waals surface area contributed by atoms with E-state index in [1.807, 2.05) is 0 Å². The smallest absolute Gasteiger partial charge is 0.333 e. The maximum Gasteiger partial charge on any atom is 0.333 e. The number of hydrogen-bond acceptors (Lipinski definition) is 4. The first kappa shape index (κ1) is 15.5. The van der Waals surface area contributed by atoms with Crippen LogP contribution in [0.5, 0.6) is 5.88 Å². The minimum Gasteiger partial charge on any atom is -0.494 e. The van der Waals surface area contributed by atoms with E-state index in [0.717, 1.165) is 15.7 Å². The van der Waals surface area contributed by atoms with Crippen molar-refractivity contribution in [3.05, 3.63) is 26.4 Å². The number of likely N-dealkylation sites (tertiary alicyclic amines) is 1. The second-order valence-corrected chi connectivity index (χ2v) is 5.54. The molecule has 21 heavy (non-hydrogen) atoms. The number of piperidine rings is 1. The van der Waals surface area contributed by atoms with Crippen molar-refractivity contribution < 1.29 is 10.0 Å². The van der Waals surface area contributed by atoms with Gasteiger partial charge >= 0.3 is 5.69 Å². The summed E-state index contributed by atoms with van der Waals surface area (Å²) in [6, 6.07) is 0. The zero-order valence-electron chi connectivity index (χ0n) is 12.6. The van der Waals surface area contributed by atoms with E-state index >= 15 is 0 Å². The summed E-state index contributed by atoms with van der Waals surface area (Å²) in [5.74, 6) is -0.336. The highest BCUT2D eigenvalue weighted by Crippen LogP contribution is 2.05. The van der Waals surface area contributed by atoms with Gasteiger partial charge in [0.1, 0.15) is 5.56 Å². The normalized spacial score (nSPS) is 16.7. The molecule has 1 aromatic heterocycles. The molecule has 0 amide bonds. The van der Waals surface area contributed by atoms with Crippen molar-refractivity contribution in [2.75, 3.05) is 26.2 Å². The molecule has 1 saturated heterocycles. The Hall–Kier alpha value is -1.89. The van der Waals surface area contributed by atoms with Gasteiger partial charge in [0.05, 0.1) is 26.2 Å². The Labute approximate surface area is 123 Å². The van der Waals surface area contributed by atoms with Gasteiger partial charge in [-0.05, 0) is 19.3 Å².